The summed E-state index contributed by atoms with van der Waals surface area (Å²) in [6, 6.07) is 3.55. The van der Waals surface area contributed by atoms with Crippen molar-refractivity contribution in [3.63, 3.8) is 0 Å². The minimum Gasteiger partial charge on any atom is -0.466 e. The SMILES string of the molecule is CCCC(=O)N[C@@H](CC(=O)OCC)c1cccs1. The molecule has 1 heterocycles. The molecule has 0 aliphatic rings. The van der Waals surface area contributed by atoms with Crippen LogP contribution in [-0.4, -0.2) is 18.5 Å². The predicted octanol–water partition coefficient (Wildman–Crippen LogP) is 2.66. The molecule has 0 aromatic carbocycles. The van der Waals surface area contributed by atoms with Crippen LogP contribution in [0.15, 0.2) is 17.5 Å². The number of amides is 1. The number of ether oxygens (including phenoxy) is 1. The fourth-order valence-corrected chi connectivity index (χ4v) is 2.37. The van der Waals surface area contributed by atoms with Gasteiger partial charge in [0.1, 0.15) is 0 Å². The van der Waals surface area contributed by atoms with E-state index in [0.29, 0.717) is 13.0 Å². The average molecular weight is 269 g/mol. The van der Waals surface area contributed by atoms with E-state index in [4.69, 9.17) is 4.74 Å². The number of hydrogen-bond donors (Lipinski definition) is 1. The lowest BCUT2D eigenvalue weighted by Crippen LogP contribution is -2.29. The van der Waals surface area contributed by atoms with Gasteiger partial charge in [-0.25, -0.2) is 0 Å². The second kappa shape index (κ2) is 7.87. The minimum atomic E-state index is -0.285. The predicted molar refractivity (Wildman–Crippen MR) is 71.4 cm³/mol. The number of carbonyl (C=O) groups excluding carboxylic acids is 2. The molecule has 4 nitrogen and oxygen atoms in total. The molecular formula is C13H19NO3S. The Kier molecular flexibility index (Phi) is 6.43. The van der Waals surface area contributed by atoms with Crippen molar-refractivity contribution in [3.05, 3.63) is 22.4 Å². The van der Waals surface area contributed by atoms with E-state index in [1.54, 1.807) is 6.92 Å². The van der Waals surface area contributed by atoms with Crippen molar-refractivity contribution in [2.24, 2.45) is 0 Å². The second-order valence-electron chi connectivity index (χ2n) is 3.89. The van der Waals surface area contributed by atoms with E-state index in [0.717, 1.165) is 11.3 Å². The molecule has 0 saturated carbocycles. The van der Waals surface area contributed by atoms with Crippen LogP contribution in [0.1, 0.15) is 44.0 Å². The molecule has 0 fully saturated rings. The number of thiophene rings is 1. The Bertz CT molecular complexity index is 356. The average Bonchev–Trinajstić information content (AvgIpc) is 2.82. The summed E-state index contributed by atoms with van der Waals surface area (Å²) in [5, 5.41) is 4.81. The highest BCUT2D eigenvalue weighted by Crippen LogP contribution is 2.22. The Hall–Kier alpha value is -1.36. The molecule has 1 rings (SSSR count). The number of carbonyl (C=O) groups is 2. The maximum absolute atomic E-state index is 11.6. The van der Waals surface area contributed by atoms with Gasteiger partial charge in [0, 0.05) is 11.3 Å². The van der Waals surface area contributed by atoms with Crippen molar-refractivity contribution in [1.29, 1.82) is 0 Å². The molecule has 0 unspecified atom stereocenters. The largest absolute Gasteiger partial charge is 0.466 e. The standard InChI is InChI=1S/C13H19NO3S/c1-3-6-12(15)14-10(9-13(16)17-4-2)11-7-5-8-18-11/h5,7-8,10H,3-4,6,9H2,1-2H3,(H,14,15)/t10-/m0/s1. The Labute approximate surface area is 111 Å². The Morgan fingerprint density at radius 2 is 2.22 bits per heavy atom. The van der Waals surface area contributed by atoms with Crippen LogP contribution in [0.5, 0.6) is 0 Å². The Balaban J connectivity index is 2.64. The highest BCUT2D eigenvalue weighted by molar-refractivity contribution is 7.10. The summed E-state index contributed by atoms with van der Waals surface area (Å²) in [4.78, 5) is 24.1. The lowest BCUT2D eigenvalue weighted by molar-refractivity contribution is -0.143. The molecular weight excluding hydrogens is 250 g/mol. The van der Waals surface area contributed by atoms with Gasteiger partial charge >= 0.3 is 5.97 Å². The first-order valence-electron chi connectivity index (χ1n) is 6.15. The highest BCUT2D eigenvalue weighted by atomic mass is 32.1. The van der Waals surface area contributed by atoms with E-state index in [1.165, 1.54) is 11.3 Å². The quantitative estimate of drug-likeness (QED) is 0.774. The summed E-state index contributed by atoms with van der Waals surface area (Å²) in [5.74, 6) is -0.312. The first-order chi connectivity index (χ1) is 8.67. The van der Waals surface area contributed by atoms with E-state index in [-0.39, 0.29) is 24.3 Å². The summed E-state index contributed by atoms with van der Waals surface area (Å²) in [5.41, 5.74) is 0. The van der Waals surface area contributed by atoms with Gasteiger partial charge in [0.15, 0.2) is 0 Å². The third-order valence-corrected chi connectivity index (χ3v) is 3.36. The molecule has 1 amide bonds. The van der Waals surface area contributed by atoms with Crippen LogP contribution in [0, 0.1) is 0 Å². The highest BCUT2D eigenvalue weighted by Gasteiger charge is 2.19. The van der Waals surface area contributed by atoms with Crippen molar-refractivity contribution < 1.29 is 14.3 Å². The first-order valence-corrected chi connectivity index (χ1v) is 7.03. The molecule has 1 aromatic heterocycles. The van der Waals surface area contributed by atoms with Crippen LogP contribution in [0.4, 0.5) is 0 Å². The fourth-order valence-electron chi connectivity index (χ4n) is 1.59. The van der Waals surface area contributed by atoms with Crippen molar-refractivity contribution in [1.82, 2.24) is 5.32 Å². The van der Waals surface area contributed by atoms with E-state index in [9.17, 15) is 9.59 Å². The molecule has 100 valence electrons. The molecule has 1 aromatic rings. The second-order valence-corrected chi connectivity index (χ2v) is 4.87. The van der Waals surface area contributed by atoms with Gasteiger partial charge < -0.3 is 10.1 Å². The third kappa shape index (κ3) is 4.87. The maximum atomic E-state index is 11.6. The van der Waals surface area contributed by atoms with Crippen LogP contribution in [0.3, 0.4) is 0 Å². The molecule has 18 heavy (non-hydrogen) atoms. The number of rotatable bonds is 7. The van der Waals surface area contributed by atoms with Gasteiger partial charge in [0.05, 0.1) is 19.1 Å². The monoisotopic (exact) mass is 269 g/mol. The van der Waals surface area contributed by atoms with Gasteiger partial charge in [-0.3, -0.25) is 9.59 Å². The number of nitrogens with one attached hydrogen (secondary N) is 1. The van der Waals surface area contributed by atoms with Crippen LogP contribution in [-0.2, 0) is 14.3 Å². The molecule has 1 N–H and O–H groups in total. The molecule has 0 radical (unpaired) electrons. The summed E-state index contributed by atoms with van der Waals surface area (Å²) in [6.07, 6.45) is 1.46. The molecule has 0 spiro atoms. The van der Waals surface area contributed by atoms with Gasteiger partial charge in [-0.1, -0.05) is 13.0 Å². The van der Waals surface area contributed by atoms with Crippen LogP contribution < -0.4 is 5.32 Å². The van der Waals surface area contributed by atoms with Crippen LogP contribution in [0.2, 0.25) is 0 Å². The molecule has 5 heteroatoms. The van der Waals surface area contributed by atoms with E-state index in [1.807, 2.05) is 24.4 Å². The number of esters is 1. The summed E-state index contributed by atoms with van der Waals surface area (Å²) < 4.78 is 4.93. The smallest absolute Gasteiger partial charge is 0.308 e. The molecule has 0 aliphatic heterocycles. The molecule has 0 bridgehead atoms. The molecule has 1 atom stereocenters. The zero-order valence-electron chi connectivity index (χ0n) is 10.8. The zero-order chi connectivity index (χ0) is 13.4. The van der Waals surface area contributed by atoms with Crippen molar-refractivity contribution in [3.8, 4) is 0 Å². The van der Waals surface area contributed by atoms with Crippen LogP contribution in [0.25, 0.3) is 0 Å². The molecule has 0 saturated heterocycles. The molecule has 0 aliphatic carbocycles. The van der Waals surface area contributed by atoms with Crippen molar-refractivity contribution in [2.45, 2.75) is 39.2 Å². The van der Waals surface area contributed by atoms with Crippen molar-refractivity contribution in [2.75, 3.05) is 6.61 Å². The van der Waals surface area contributed by atoms with Gasteiger partial charge in [-0.15, -0.1) is 11.3 Å². The van der Waals surface area contributed by atoms with E-state index >= 15 is 0 Å². The summed E-state index contributed by atoms with van der Waals surface area (Å²) in [7, 11) is 0. The fraction of sp³-hybridized carbons (Fsp3) is 0.538. The Morgan fingerprint density at radius 3 is 2.78 bits per heavy atom. The Morgan fingerprint density at radius 1 is 1.44 bits per heavy atom. The van der Waals surface area contributed by atoms with E-state index < -0.39 is 0 Å². The van der Waals surface area contributed by atoms with Gasteiger partial charge in [0.2, 0.25) is 5.91 Å². The lowest BCUT2D eigenvalue weighted by Gasteiger charge is -2.16. The van der Waals surface area contributed by atoms with E-state index in [2.05, 4.69) is 5.32 Å². The third-order valence-electron chi connectivity index (χ3n) is 2.38. The minimum absolute atomic E-state index is 0.0276. The summed E-state index contributed by atoms with van der Waals surface area (Å²) in [6.45, 7) is 4.08. The lowest BCUT2D eigenvalue weighted by atomic mass is 10.1. The maximum Gasteiger partial charge on any atom is 0.308 e. The zero-order valence-corrected chi connectivity index (χ0v) is 11.6. The van der Waals surface area contributed by atoms with Gasteiger partial charge in [-0.2, -0.15) is 0 Å². The topological polar surface area (TPSA) is 55.4 Å². The van der Waals surface area contributed by atoms with Gasteiger partial charge in [0.25, 0.3) is 0 Å². The first kappa shape index (κ1) is 14.7. The number of hydrogen-bond acceptors (Lipinski definition) is 4. The normalized spacial score (nSPS) is 11.9. The summed E-state index contributed by atoms with van der Waals surface area (Å²) >= 11 is 1.53. The van der Waals surface area contributed by atoms with Gasteiger partial charge in [-0.05, 0) is 24.8 Å². The van der Waals surface area contributed by atoms with Crippen molar-refractivity contribution >= 4 is 23.2 Å². The van der Waals surface area contributed by atoms with Crippen LogP contribution >= 0.6 is 11.3 Å².